The molecule has 0 radical (unpaired) electrons. The largest absolute Gasteiger partial charge is 0.394 e. The lowest BCUT2D eigenvalue weighted by molar-refractivity contribution is 0.0820. The van der Waals surface area contributed by atoms with Crippen LogP contribution in [0, 0.1) is 11.6 Å². The number of hydrogen-bond acceptors (Lipinski definition) is 5. The number of benzene rings is 1. The van der Waals surface area contributed by atoms with Crippen LogP contribution in [0.3, 0.4) is 0 Å². The first-order valence-electron chi connectivity index (χ1n) is 7.74. The van der Waals surface area contributed by atoms with Gasteiger partial charge in [0.2, 0.25) is 0 Å². The van der Waals surface area contributed by atoms with E-state index in [0.29, 0.717) is 6.07 Å². The van der Waals surface area contributed by atoms with E-state index in [-0.39, 0.29) is 32.1 Å². The number of pyridine rings is 1. The van der Waals surface area contributed by atoms with Crippen molar-refractivity contribution in [3.05, 3.63) is 51.7 Å². The quantitative estimate of drug-likeness (QED) is 0.360. The van der Waals surface area contributed by atoms with Crippen LogP contribution in [-0.2, 0) is 16.6 Å². The number of anilines is 1. The Morgan fingerprint density at radius 2 is 2.00 bits per heavy atom. The smallest absolute Gasteiger partial charge is 0.264 e. The number of aliphatic hydroxyl groups excluding tert-OH is 2. The van der Waals surface area contributed by atoms with Crippen molar-refractivity contribution in [3.63, 3.8) is 0 Å². The third kappa shape index (κ3) is 4.13. The van der Waals surface area contributed by atoms with Gasteiger partial charge in [0.25, 0.3) is 10.0 Å². The molecular formula is C16H13BrClF2N3O4S. The molecule has 12 heteroatoms. The summed E-state index contributed by atoms with van der Waals surface area (Å²) in [4.78, 5) is 3.77. The van der Waals surface area contributed by atoms with Crippen molar-refractivity contribution in [1.82, 2.24) is 9.55 Å². The van der Waals surface area contributed by atoms with Gasteiger partial charge in [0.15, 0.2) is 0 Å². The molecule has 28 heavy (non-hydrogen) atoms. The lowest BCUT2D eigenvalue weighted by Gasteiger charge is -2.09. The molecule has 0 saturated heterocycles. The Labute approximate surface area is 171 Å². The van der Waals surface area contributed by atoms with E-state index >= 15 is 0 Å². The first-order chi connectivity index (χ1) is 13.1. The Hall–Kier alpha value is -1.79. The minimum atomic E-state index is -4.35. The molecule has 150 valence electrons. The highest BCUT2D eigenvalue weighted by Crippen LogP contribution is 2.30. The van der Waals surface area contributed by atoms with E-state index in [1.165, 1.54) is 22.9 Å². The molecule has 7 nitrogen and oxygen atoms in total. The molecule has 3 N–H and O–H groups in total. The molecule has 2 heterocycles. The van der Waals surface area contributed by atoms with Gasteiger partial charge in [-0.2, -0.15) is 0 Å². The Kier molecular flexibility index (Phi) is 5.92. The number of rotatable bonds is 6. The van der Waals surface area contributed by atoms with Crippen molar-refractivity contribution in [2.24, 2.45) is 0 Å². The van der Waals surface area contributed by atoms with Gasteiger partial charge < -0.3 is 14.8 Å². The van der Waals surface area contributed by atoms with Gasteiger partial charge in [0.05, 0.1) is 29.4 Å². The highest BCUT2D eigenvalue weighted by Gasteiger charge is 2.24. The molecule has 1 unspecified atom stereocenters. The van der Waals surface area contributed by atoms with Gasteiger partial charge in [-0.15, -0.1) is 0 Å². The molecule has 1 aromatic carbocycles. The fraction of sp³-hybridized carbons (Fsp3) is 0.188. The minimum Gasteiger partial charge on any atom is -0.394 e. The van der Waals surface area contributed by atoms with Crippen molar-refractivity contribution in [1.29, 1.82) is 0 Å². The summed E-state index contributed by atoms with van der Waals surface area (Å²) < 4.78 is 56.5. The van der Waals surface area contributed by atoms with Crippen LogP contribution < -0.4 is 4.72 Å². The maximum absolute atomic E-state index is 14.0. The number of aromatic nitrogens is 2. The van der Waals surface area contributed by atoms with Crippen molar-refractivity contribution >= 4 is 54.3 Å². The fourth-order valence-corrected chi connectivity index (χ4v) is 4.28. The van der Waals surface area contributed by atoms with E-state index in [9.17, 15) is 22.3 Å². The number of nitrogens with zero attached hydrogens (tertiary/aromatic N) is 2. The topological polar surface area (TPSA) is 104 Å². The van der Waals surface area contributed by atoms with E-state index in [4.69, 9.17) is 16.7 Å². The number of sulfonamides is 1. The lowest BCUT2D eigenvalue weighted by atomic mass is 10.3. The second-order valence-corrected chi connectivity index (χ2v) is 8.73. The highest BCUT2D eigenvalue weighted by molar-refractivity contribution is 9.10. The molecule has 2 aromatic heterocycles. The van der Waals surface area contributed by atoms with Gasteiger partial charge in [-0.25, -0.2) is 22.2 Å². The highest BCUT2D eigenvalue weighted by atomic mass is 79.9. The maximum Gasteiger partial charge on any atom is 0.264 e. The monoisotopic (exact) mass is 495 g/mol. The van der Waals surface area contributed by atoms with Crippen LogP contribution in [0.15, 0.2) is 39.8 Å². The normalized spacial score (nSPS) is 13.1. The molecule has 0 spiro atoms. The second-order valence-electron chi connectivity index (χ2n) is 5.84. The van der Waals surface area contributed by atoms with Crippen LogP contribution in [0.1, 0.15) is 0 Å². The predicted octanol–water partition coefficient (Wildman–Crippen LogP) is 2.88. The van der Waals surface area contributed by atoms with Crippen LogP contribution in [0.5, 0.6) is 0 Å². The zero-order chi connectivity index (χ0) is 20.6. The summed E-state index contributed by atoms with van der Waals surface area (Å²) in [5.41, 5.74) is -0.429. The molecule has 0 aliphatic rings. The lowest BCUT2D eigenvalue weighted by Crippen LogP contribution is -2.19. The van der Waals surface area contributed by atoms with E-state index < -0.39 is 40.1 Å². The summed E-state index contributed by atoms with van der Waals surface area (Å²) in [6.07, 6.45) is 0.000373. The van der Waals surface area contributed by atoms with Gasteiger partial charge in [0.1, 0.15) is 27.3 Å². The zero-order valence-corrected chi connectivity index (χ0v) is 17.1. The third-order valence-electron chi connectivity index (χ3n) is 3.81. The van der Waals surface area contributed by atoms with Gasteiger partial charge in [-0.3, -0.25) is 4.72 Å². The van der Waals surface area contributed by atoms with E-state index in [1.807, 2.05) is 4.72 Å². The summed E-state index contributed by atoms with van der Waals surface area (Å²) in [7, 11) is -4.35. The molecule has 3 rings (SSSR count). The summed E-state index contributed by atoms with van der Waals surface area (Å²) in [6, 6.07) is 4.28. The Bertz CT molecular complexity index is 1160. The van der Waals surface area contributed by atoms with Crippen LogP contribution in [0.2, 0.25) is 5.15 Å². The zero-order valence-electron chi connectivity index (χ0n) is 13.9. The van der Waals surface area contributed by atoms with E-state index in [2.05, 4.69) is 20.9 Å². The van der Waals surface area contributed by atoms with Gasteiger partial charge in [-0.1, -0.05) is 11.6 Å². The number of fused-ring (bicyclic) bond motifs is 1. The van der Waals surface area contributed by atoms with Crippen LogP contribution in [0.4, 0.5) is 14.5 Å². The van der Waals surface area contributed by atoms with Crippen LogP contribution in [-0.4, -0.2) is 40.9 Å². The molecule has 0 saturated carbocycles. The summed E-state index contributed by atoms with van der Waals surface area (Å²) in [5.74, 6) is -1.82. The SMILES string of the molecule is O=S(=O)(Nc1cc(F)c(Br)cc1F)c1cn(CC(O)CO)c2nc(Cl)ccc12. The molecular weight excluding hydrogens is 484 g/mol. The van der Waals surface area contributed by atoms with Crippen LogP contribution >= 0.6 is 27.5 Å². The summed E-state index contributed by atoms with van der Waals surface area (Å²) in [5, 5.41) is 19.0. The van der Waals surface area contributed by atoms with Crippen molar-refractivity contribution in [3.8, 4) is 0 Å². The second kappa shape index (κ2) is 7.91. The first-order valence-corrected chi connectivity index (χ1v) is 10.4. The van der Waals surface area contributed by atoms with Gasteiger partial charge in [0, 0.05) is 17.6 Å². The molecule has 0 amide bonds. The first kappa shape index (κ1) is 20.9. The van der Waals surface area contributed by atoms with Crippen molar-refractivity contribution in [2.75, 3.05) is 11.3 Å². The van der Waals surface area contributed by atoms with Gasteiger partial charge in [-0.05, 0) is 34.1 Å². The Morgan fingerprint density at radius 1 is 1.29 bits per heavy atom. The summed E-state index contributed by atoms with van der Waals surface area (Å²) >= 11 is 8.69. The maximum atomic E-state index is 14.0. The molecule has 0 bridgehead atoms. The Balaban J connectivity index is 2.10. The number of nitrogens with one attached hydrogen (secondary N) is 1. The molecule has 1 atom stereocenters. The number of aliphatic hydroxyl groups is 2. The van der Waals surface area contributed by atoms with Gasteiger partial charge >= 0.3 is 0 Å². The fourth-order valence-electron chi connectivity index (χ4n) is 2.55. The molecule has 3 aromatic rings. The minimum absolute atomic E-state index is 0.0864. The van der Waals surface area contributed by atoms with Crippen molar-refractivity contribution in [2.45, 2.75) is 17.5 Å². The summed E-state index contributed by atoms with van der Waals surface area (Å²) in [6.45, 7) is -0.707. The van der Waals surface area contributed by atoms with E-state index in [1.54, 1.807) is 0 Å². The van der Waals surface area contributed by atoms with E-state index in [0.717, 1.165) is 6.07 Å². The third-order valence-corrected chi connectivity index (χ3v) is 6.02. The van der Waals surface area contributed by atoms with Crippen LogP contribution in [0.25, 0.3) is 11.0 Å². The molecule has 0 fully saturated rings. The molecule has 0 aliphatic heterocycles. The number of halogens is 4. The predicted molar refractivity (Wildman–Crippen MR) is 103 cm³/mol. The average molecular weight is 497 g/mol. The Morgan fingerprint density at radius 3 is 2.68 bits per heavy atom. The standard InChI is InChI=1S/C16H13BrClF2N3O4S/c17-10-3-12(20)13(4-11(10)19)22-28(26,27)14-6-23(5-8(25)7-24)16-9(14)1-2-15(18)21-16/h1-4,6,8,22,24-25H,5,7H2. The number of hydrogen-bond donors (Lipinski definition) is 3. The average Bonchev–Trinajstić information content (AvgIpc) is 2.98. The molecule has 0 aliphatic carbocycles. The van der Waals surface area contributed by atoms with Crippen molar-refractivity contribution < 1.29 is 27.4 Å².